The van der Waals surface area contributed by atoms with Gasteiger partial charge in [0.2, 0.25) is 5.91 Å². The summed E-state index contributed by atoms with van der Waals surface area (Å²) < 4.78 is 0. The Morgan fingerprint density at radius 2 is 1.79 bits per heavy atom. The summed E-state index contributed by atoms with van der Waals surface area (Å²) in [6.07, 6.45) is 1.53. The zero-order valence-electron chi connectivity index (χ0n) is 12.2. The molecular weight excluding hydrogens is 238 g/mol. The van der Waals surface area contributed by atoms with Crippen molar-refractivity contribution >= 4 is 11.6 Å². The highest BCUT2D eigenvalue weighted by molar-refractivity contribution is 5.76. The predicted octanol–water partition coefficient (Wildman–Crippen LogP) is 1.58. The smallest absolute Gasteiger partial charge is 0.221 e. The molecule has 0 aromatic heterocycles. The number of para-hydroxylation sites is 1. The highest BCUT2D eigenvalue weighted by atomic mass is 16.1. The van der Waals surface area contributed by atoms with Gasteiger partial charge in [0.1, 0.15) is 0 Å². The SMILES string of the molecule is CN(C)CCCNC(=O)CCN(C)c1ccccc1. The van der Waals surface area contributed by atoms with E-state index in [0.29, 0.717) is 6.42 Å². The Labute approximate surface area is 116 Å². The van der Waals surface area contributed by atoms with Crippen LogP contribution in [-0.4, -0.2) is 51.6 Å². The van der Waals surface area contributed by atoms with Crippen LogP contribution in [0.25, 0.3) is 0 Å². The Bertz CT molecular complexity index is 365. The maximum absolute atomic E-state index is 11.7. The number of benzene rings is 1. The topological polar surface area (TPSA) is 35.6 Å². The van der Waals surface area contributed by atoms with Gasteiger partial charge in [0, 0.05) is 32.2 Å². The molecule has 0 heterocycles. The fourth-order valence-corrected chi connectivity index (χ4v) is 1.79. The lowest BCUT2D eigenvalue weighted by atomic mass is 10.3. The third kappa shape index (κ3) is 6.82. The van der Waals surface area contributed by atoms with Crippen molar-refractivity contribution in [1.29, 1.82) is 0 Å². The molecule has 4 nitrogen and oxygen atoms in total. The highest BCUT2D eigenvalue weighted by Gasteiger charge is 2.04. The Morgan fingerprint density at radius 1 is 1.11 bits per heavy atom. The van der Waals surface area contributed by atoms with Crippen LogP contribution in [-0.2, 0) is 4.79 Å². The number of hydrogen-bond acceptors (Lipinski definition) is 3. The number of nitrogens with one attached hydrogen (secondary N) is 1. The van der Waals surface area contributed by atoms with Crippen molar-refractivity contribution in [1.82, 2.24) is 10.2 Å². The number of anilines is 1. The zero-order chi connectivity index (χ0) is 14.1. The molecule has 0 aliphatic heterocycles. The van der Waals surface area contributed by atoms with Crippen LogP contribution in [0.1, 0.15) is 12.8 Å². The van der Waals surface area contributed by atoms with Crippen molar-refractivity contribution in [2.75, 3.05) is 45.7 Å². The minimum Gasteiger partial charge on any atom is -0.374 e. The van der Waals surface area contributed by atoms with Crippen LogP contribution in [0.2, 0.25) is 0 Å². The van der Waals surface area contributed by atoms with Gasteiger partial charge in [-0.25, -0.2) is 0 Å². The van der Waals surface area contributed by atoms with Gasteiger partial charge in [-0.15, -0.1) is 0 Å². The van der Waals surface area contributed by atoms with E-state index in [9.17, 15) is 4.79 Å². The average molecular weight is 263 g/mol. The van der Waals surface area contributed by atoms with Gasteiger partial charge in [-0.3, -0.25) is 4.79 Å². The van der Waals surface area contributed by atoms with E-state index in [1.165, 1.54) is 0 Å². The number of amides is 1. The summed E-state index contributed by atoms with van der Waals surface area (Å²) in [6, 6.07) is 10.1. The van der Waals surface area contributed by atoms with Crippen LogP contribution in [0.4, 0.5) is 5.69 Å². The molecule has 0 aliphatic rings. The lowest BCUT2D eigenvalue weighted by Gasteiger charge is -2.18. The molecule has 0 atom stereocenters. The third-order valence-corrected chi connectivity index (χ3v) is 2.98. The van der Waals surface area contributed by atoms with Gasteiger partial charge < -0.3 is 15.1 Å². The minimum atomic E-state index is 0.126. The maximum atomic E-state index is 11.7. The molecule has 0 saturated heterocycles. The second-order valence-corrected chi connectivity index (χ2v) is 5.01. The van der Waals surface area contributed by atoms with Crippen molar-refractivity contribution < 1.29 is 4.79 Å². The summed E-state index contributed by atoms with van der Waals surface area (Å²) in [4.78, 5) is 15.9. The lowest BCUT2D eigenvalue weighted by Crippen LogP contribution is -2.30. The maximum Gasteiger partial charge on any atom is 0.221 e. The number of nitrogens with zero attached hydrogens (tertiary/aromatic N) is 2. The third-order valence-electron chi connectivity index (χ3n) is 2.98. The number of carbonyl (C=O) groups is 1. The monoisotopic (exact) mass is 263 g/mol. The molecule has 4 heteroatoms. The Morgan fingerprint density at radius 3 is 2.42 bits per heavy atom. The van der Waals surface area contributed by atoms with Crippen LogP contribution in [0.15, 0.2) is 30.3 Å². The summed E-state index contributed by atoms with van der Waals surface area (Å²) in [5, 5.41) is 2.95. The van der Waals surface area contributed by atoms with Crippen molar-refractivity contribution in [3.8, 4) is 0 Å². The molecule has 1 N–H and O–H groups in total. The van der Waals surface area contributed by atoms with Crippen LogP contribution in [0.5, 0.6) is 0 Å². The summed E-state index contributed by atoms with van der Waals surface area (Å²) in [7, 11) is 6.09. The summed E-state index contributed by atoms with van der Waals surface area (Å²) in [5.74, 6) is 0.126. The first-order valence-corrected chi connectivity index (χ1v) is 6.77. The van der Waals surface area contributed by atoms with E-state index in [4.69, 9.17) is 0 Å². The zero-order valence-corrected chi connectivity index (χ0v) is 12.2. The molecule has 1 rings (SSSR count). The number of carbonyl (C=O) groups excluding carboxylic acids is 1. The van der Waals surface area contributed by atoms with Gasteiger partial charge in [-0.1, -0.05) is 18.2 Å². The van der Waals surface area contributed by atoms with E-state index in [-0.39, 0.29) is 5.91 Å². The molecule has 106 valence electrons. The fourth-order valence-electron chi connectivity index (χ4n) is 1.79. The van der Waals surface area contributed by atoms with E-state index in [2.05, 4.69) is 27.2 Å². The quantitative estimate of drug-likeness (QED) is 0.723. The predicted molar refractivity (Wildman–Crippen MR) is 80.5 cm³/mol. The van der Waals surface area contributed by atoms with Crippen LogP contribution < -0.4 is 10.2 Å². The van der Waals surface area contributed by atoms with Gasteiger partial charge in [0.05, 0.1) is 0 Å². The molecule has 0 fully saturated rings. The second kappa shape index (κ2) is 8.53. The molecule has 0 bridgehead atoms. The van der Waals surface area contributed by atoms with Gasteiger partial charge in [-0.2, -0.15) is 0 Å². The summed E-state index contributed by atoms with van der Waals surface area (Å²) >= 11 is 0. The number of hydrogen-bond donors (Lipinski definition) is 1. The van der Waals surface area contributed by atoms with E-state index >= 15 is 0 Å². The van der Waals surface area contributed by atoms with Crippen molar-refractivity contribution in [3.63, 3.8) is 0 Å². The summed E-state index contributed by atoms with van der Waals surface area (Å²) in [6.45, 7) is 2.50. The van der Waals surface area contributed by atoms with Crippen LogP contribution >= 0.6 is 0 Å². The van der Waals surface area contributed by atoms with E-state index < -0.39 is 0 Å². The molecule has 0 saturated carbocycles. The van der Waals surface area contributed by atoms with Crippen molar-refractivity contribution in [2.24, 2.45) is 0 Å². The first-order chi connectivity index (χ1) is 9.09. The van der Waals surface area contributed by atoms with Gasteiger partial charge in [0.25, 0.3) is 0 Å². The largest absolute Gasteiger partial charge is 0.374 e. The van der Waals surface area contributed by atoms with Gasteiger partial charge in [-0.05, 0) is 39.2 Å². The molecule has 0 aliphatic carbocycles. The first-order valence-electron chi connectivity index (χ1n) is 6.77. The molecule has 1 aromatic rings. The van der Waals surface area contributed by atoms with Gasteiger partial charge >= 0.3 is 0 Å². The Kier molecular flexibility index (Phi) is 6.97. The molecular formula is C15H25N3O. The molecule has 0 unspecified atom stereocenters. The molecule has 19 heavy (non-hydrogen) atoms. The normalized spacial score (nSPS) is 10.5. The van der Waals surface area contributed by atoms with E-state index in [0.717, 1.165) is 31.7 Å². The summed E-state index contributed by atoms with van der Waals surface area (Å²) in [5.41, 5.74) is 1.14. The standard InChI is InChI=1S/C15H25N3O/c1-17(2)12-7-11-16-15(19)10-13-18(3)14-8-5-4-6-9-14/h4-6,8-9H,7,10-13H2,1-3H3,(H,16,19). The van der Waals surface area contributed by atoms with Crippen LogP contribution in [0.3, 0.4) is 0 Å². The molecule has 0 radical (unpaired) electrons. The lowest BCUT2D eigenvalue weighted by molar-refractivity contribution is -0.120. The number of rotatable bonds is 8. The van der Waals surface area contributed by atoms with E-state index in [1.807, 2.05) is 39.3 Å². The van der Waals surface area contributed by atoms with Gasteiger partial charge in [0.15, 0.2) is 0 Å². The van der Waals surface area contributed by atoms with Crippen molar-refractivity contribution in [2.45, 2.75) is 12.8 Å². The first kappa shape index (κ1) is 15.5. The second-order valence-electron chi connectivity index (χ2n) is 5.01. The highest BCUT2D eigenvalue weighted by Crippen LogP contribution is 2.10. The Balaban J connectivity index is 2.16. The Hall–Kier alpha value is -1.55. The molecule has 1 amide bonds. The average Bonchev–Trinajstić information content (AvgIpc) is 2.41. The minimum absolute atomic E-state index is 0.126. The fraction of sp³-hybridized carbons (Fsp3) is 0.533. The van der Waals surface area contributed by atoms with E-state index in [1.54, 1.807) is 0 Å². The molecule has 0 spiro atoms. The van der Waals surface area contributed by atoms with Crippen LogP contribution in [0, 0.1) is 0 Å². The van der Waals surface area contributed by atoms with Crippen molar-refractivity contribution in [3.05, 3.63) is 30.3 Å². The molecule has 1 aromatic carbocycles.